The first-order valence-electron chi connectivity index (χ1n) is 8.72. The molecule has 1 unspecified atom stereocenters. The smallest absolute Gasteiger partial charge is 0.261 e. The zero-order chi connectivity index (χ0) is 18.1. The highest BCUT2D eigenvalue weighted by Crippen LogP contribution is 2.31. The molecule has 6 heteroatoms. The molecule has 0 spiro atoms. The van der Waals surface area contributed by atoms with E-state index < -0.39 is 6.10 Å². The van der Waals surface area contributed by atoms with Gasteiger partial charge in [-0.2, -0.15) is 0 Å². The average Bonchev–Trinajstić information content (AvgIpc) is 3.26. The molecule has 1 saturated heterocycles. The van der Waals surface area contributed by atoms with E-state index in [1.807, 2.05) is 30.3 Å². The third-order valence-electron chi connectivity index (χ3n) is 4.78. The van der Waals surface area contributed by atoms with Crippen molar-refractivity contribution in [3.8, 4) is 5.75 Å². The van der Waals surface area contributed by atoms with Gasteiger partial charge in [-0.25, -0.2) is 0 Å². The number of nitrogens with one attached hydrogen (secondary N) is 1. The number of nitrogens with zero attached hydrogens (tertiary/aromatic N) is 1. The van der Waals surface area contributed by atoms with E-state index in [2.05, 4.69) is 5.32 Å². The van der Waals surface area contributed by atoms with Crippen molar-refractivity contribution >= 4 is 29.1 Å². The molecule has 0 saturated carbocycles. The molecule has 2 aromatic rings. The zero-order valence-electron chi connectivity index (χ0n) is 14.2. The van der Waals surface area contributed by atoms with Crippen molar-refractivity contribution in [2.45, 2.75) is 31.9 Å². The fourth-order valence-corrected chi connectivity index (χ4v) is 3.58. The van der Waals surface area contributed by atoms with Crippen molar-refractivity contribution in [3.05, 3.63) is 58.6 Å². The van der Waals surface area contributed by atoms with Crippen LogP contribution in [0.3, 0.4) is 0 Å². The molecule has 1 N–H and O–H groups in total. The van der Waals surface area contributed by atoms with Gasteiger partial charge in [0.25, 0.3) is 5.91 Å². The predicted molar refractivity (Wildman–Crippen MR) is 99.4 cm³/mol. The summed E-state index contributed by atoms with van der Waals surface area (Å²) in [5.41, 5.74) is 2.85. The Balaban J connectivity index is 1.33. The molecule has 0 aliphatic carbocycles. The van der Waals surface area contributed by atoms with Crippen LogP contribution in [0.5, 0.6) is 5.75 Å². The molecule has 2 heterocycles. The Hall–Kier alpha value is -2.53. The van der Waals surface area contributed by atoms with Gasteiger partial charge in [-0.05, 0) is 47.9 Å². The molecule has 2 aromatic carbocycles. The molecule has 5 nitrogen and oxygen atoms in total. The van der Waals surface area contributed by atoms with Crippen molar-refractivity contribution in [1.29, 1.82) is 0 Å². The average molecular weight is 371 g/mol. The van der Waals surface area contributed by atoms with Crippen molar-refractivity contribution < 1.29 is 14.3 Å². The number of halogens is 1. The number of ether oxygens (including phenoxy) is 1. The third kappa shape index (κ3) is 3.40. The van der Waals surface area contributed by atoms with Gasteiger partial charge in [0.2, 0.25) is 5.91 Å². The van der Waals surface area contributed by atoms with Crippen LogP contribution in [0.25, 0.3) is 0 Å². The van der Waals surface area contributed by atoms with Crippen LogP contribution in [-0.2, 0) is 22.6 Å². The summed E-state index contributed by atoms with van der Waals surface area (Å²) in [6.45, 7) is 1.20. The highest BCUT2D eigenvalue weighted by atomic mass is 35.5. The molecule has 4 rings (SSSR count). The van der Waals surface area contributed by atoms with Crippen molar-refractivity contribution in [2.75, 3.05) is 11.4 Å². The maximum atomic E-state index is 12.4. The minimum Gasteiger partial charge on any atom is -0.480 e. The fourth-order valence-electron chi connectivity index (χ4n) is 3.38. The summed E-state index contributed by atoms with van der Waals surface area (Å²) < 4.78 is 5.70. The number of hydrogen-bond acceptors (Lipinski definition) is 3. The molecule has 1 atom stereocenters. The monoisotopic (exact) mass is 370 g/mol. The normalized spacial score (nSPS) is 18.6. The van der Waals surface area contributed by atoms with Gasteiger partial charge >= 0.3 is 0 Å². The van der Waals surface area contributed by atoms with E-state index in [4.69, 9.17) is 16.3 Å². The van der Waals surface area contributed by atoms with E-state index in [9.17, 15) is 9.59 Å². The first kappa shape index (κ1) is 16.9. The van der Waals surface area contributed by atoms with Gasteiger partial charge in [-0.1, -0.05) is 23.7 Å². The lowest BCUT2D eigenvalue weighted by Crippen LogP contribution is -2.37. The summed E-state index contributed by atoms with van der Waals surface area (Å²) in [7, 11) is 0. The first-order valence-corrected chi connectivity index (χ1v) is 9.10. The molecule has 0 aromatic heterocycles. The molecule has 1 fully saturated rings. The van der Waals surface area contributed by atoms with Gasteiger partial charge in [0, 0.05) is 36.6 Å². The molecule has 2 aliphatic heterocycles. The van der Waals surface area contributed by atoms with Gasteiger partial charge in [0.15, 0.2) is 6.10 Å². The van der Waals surface area contributed by atoms with Gasteiger partial charge in [0.05, 0.1) is 0 Å². The van der Waals surface area contributed by atoms with E-state index in [0.717, 1.165) is 29.8 Å². The van der Waals surface area contributed by atoms with E-state index in [-0.39, 0.29) is 11.8 Å². The second kappa shape index (κ2) is 7.00. The summed E-state index contributed by atoms with van der Waals surface area (Å²) in [6.07, 6.45) is 1.53. The fraction of sp³-hybridized carbons (Fsp3) is 0.300. The van der Waals surface area contributed by atoms with Crippen molar-refractivity contribution in [1.82, 2.24) is 5.32 Å². The molecule has 2 amide bonds. The topological polar surface area (TPSA) is 58.6 Å². The van der Waals surface area contributed by atoms with E-state index in [0.29, 0.717) is 30.2 Å². The number of hydrogen-bond donors (Lipinski definition) is 1. The predicted octanol–water partition coefficient (Wildman–Crippen LogP) is 3.09. The summed E-state index contributed by atoms with van der Waals surface area (Å²) in [5, 5.41) is 3.55. The first-order chi connectivity index (χ1) is 12.6. The summed E-state index contributed by atoms with van der Waals surface area (Å²) in [4.78, 5) is 26.0. The standard InChI is InChI=1S/C20H19ClN2O3/c21-15-5-8-17-14(10-15)11-18(26-17)20(25)22-12-13-3-6-16(7-4-13)23-9-1-2-19(23)24/h3-8,10,18H,1-2,9,11-12H2,(H,22,25). The Kier molecular flexibility index (Phi) is 4.55. The van der Waals surface area contributed by atoms with Crippen LogP contribution in [0.2, 0.25) is 5.02 Å². The number of benzene rings is 2. The molecular formula is C20H19ClN2O3. The number of anilines is 1. The lowest BCUT2D eigenvalue weighted by molar-refractivity contribution is -0.127. The molecule has 134 valence electrons. The van der Waals surface area contributed by atoms with Crippen molar-refractivity contribution in [2.24, 2.45) is 0 Å². The number of carbonyl (C=O) groups is 2. The molecule has 2 aliphatic rings. The SMILES string of the molecule is O=C(NCc1ccc(N2CCCC2=O)cc1)C1Cc2cc(Cl)ccc2O1. The number of carbonyl (C=O) groups excluding carboxylic acids is 2. The highest BCUT2D eigenvalue weighted by molar-refractivity contribution is 6.30. The van der Waals surface area contributed by atoms with Crippen LogP contribution in [0.4, 0.5) is 5.69 Å². The highest BCUT2D eigenvalue weighted by Gasteiger charge is 2.29. The summed E-state index contributed by atoms with van der Waals surface area (Å²) in [5.74, 6) is 0.745. The number of amides is 2. The van der Waals surface area contributed by atoms with Gasteiger partial charge < -0.3 is 15.0 Å². The second-order valence-electron chi connectivity index (χ2n) is 6.60. The van der Waals surface area contributed by atoms with Crippen LogP contribution in [-0.4, -0.2) is 24.5 Å². The second-order valence-corrected chi connectivity index (χ2v) is 7.03. The lowest BCUT2D eigenvalue weighted by Gasteiger charge is -2.16. The largest absolute Gasteiger partial charge is 0.480 e. The Morgan fingerprint density at radius 3 is 2.77 bits per heavy atom. The minimum atomic E-state index is -0.523. The van der Waals surface area contributed by atoms with E-state index >= 15 is 0 Å². The van der Waals surface area contributed by atoms with Gasteiger partial charge in [0.1, 0.15) is 5.75 Å². The summed E-state index contributed by atoms with van der Waals surface area (Å²) in [6, 6.07) is 13.1. The molecule has 26 heavy (non-hydrogen) atoms. The van der Waals surface area contributed by atoms with Crippen LogP contribution in [0, 0.1) is 0 Å². The minimum absolute atomic E-state index is 0.142. The van der Waals surface area contributed by atoms with Crippen LogP contribution in [0.15, 0.2) is 42.5 Å². The van der Waals surface area contributed by atoms with E-state index in [1.165, 1.54) is 0 Å². The van der Waals surface area contributed by atoms with E-state index in [1.54, 1.807) is 17.0 Å². The summed E-state index contributed by atoms with van der Waals surface area (Å²) >= 11 is 5.98. The Morgan fingerprint density at radius 2 is 2.04 bits per heavy atom. The maximum absolute atomic E-state index is 12.4. The van der Waals surface area contributed by atoms with Crippen LogP contribution >= 0.6 is 11.6 Å². The Morgan fingerprint density at radius 1 is 1.23 bits per heavy atom. The maximum Gasteiger partial charge on any atom is 0.261 e. The zero-order valence-corrected chi connectivity index (χ0v) is 15.0. The molecule has 0 bridgehead atoms. The van der Waals surface area contributed by atoms with Gasteiger partial charge in [-0.15, -0.1) is 0 Å². The quantitative estimate of drug-likeness (QED) is 0.899. The van der Waals surface area contributed by atoms with Crippen molar-refractivity contribution in [3.63, 3.8) is 0 Å². The Bertz CT molecular complexity index is 851. The lowest BCUT2D eigenvalue weighted by atomic mass is 10.1. The van der Waals surface area contributed by atoms with Crippen LogP contribution in [0.1, 0.15) is 24.0 Å². The van der Waals surface area contributed by atoms with Gasteiger partial charge in [-0.3, -0.25) is 9.59 Å². The van der Waals surface area contributed by atoms with Crippen LogP contribution < -0.4 is 15.0 Å². The third-order valence-corrected chi connectivity index (χ3v) is 5.01. The molecule has 0 radical (unpaired) electrons. The number of rotatable bonds is 4. The number of fused-ring (bicyclic) bond motifs is 1. The molecular weight excluding hydrogens is 352 g/mol. The Labute approximate surface area is 156 Å².